The molecule has 1 aliphatic heterocycles. The number of carbonyl (C=O) groups is 1. The average Bonchev–Trinajstić information content (AvgIpc) is 3.39. The Morgan fingerprint density at radius 1 is 1.00 bits per heavy atom. The molecule has 46 heavy (non-hydrogen) atoms. The van der Waals surface area contributed by atoms with Crippen molar-refractivity contribution in [2.24, 2.45) is 7.05 Å². The highest BCUT2D eigenvalue weighted by molar-refractivity contribution is 7.89. The van der Waals surface area contributed by atoms with Gasteiger partial charge < -0.3 is 14.4 Å². The monoisotopic (exact) mass is 651 g/mol. The summed E-state index contributed by atoms with van der Waals surface area (Å²) < 4.78 is 43.7. The zero-order valence-corrected chi connectivity index (χ0v) is 28.0. The second-order valence-corrected chi connectivity index (χ2v) is 14.1. The number of fused-ring (bicyclic) bond motifs is 1. The molecule has 1 aliphatic rings. The Kier molecular flexibility index (Phi) is 9.49. The van der Waals surface area contributed by atoms with Gasteiger partial charge in [0.15, 0.2) is 11.3 Å². The number of hydrogen-bond donors (Lipinski definition) is 0. The number of pyridine rings is 1. The fraction of sp³-hybridized carbons (Fsp3) is 0.469. The number of ether oxygens (including phenoxy) is 2. The van der Waals surface area contributed by atoms with Crippen molar-refractivity contribution >= 4 is 27.1 Å². The molecule has 0 spiro atoms. The van der Waals surface area contributed by atoms with Crippen molar-refractivity contribution in [3.63, 3.8) is 0 Å². The van der Waals surface area contributed by atoms with Crippen molar-refractivity contribution in [1.29, 1.82) is 0 Å². The van der Waals surface area contributed by atoms with Crippen LogP contribution in [-0.4, -0.2) is 86.4 Å². The van der Waals surface area contributed by atoms with Crippen LogP contribution in [0.15, 0.2) is 52.3 Å². The summed E-state index contributed by atoms with van der Waals surface area (Å²) in [5.41, 5.74) is 0.708. The van der Waals surface area contributed by atoms with Gasteiger partial charge in [0.05, 0.1) is 22.8 Å². The van der Waals surface area contributed by atoms with Crippen molar-refractivity contribution < 1.29 is 22.7 Å². The number of aromatic nitrogens is 5. The van der Waals surface area contributed by atoms with E-state index >= 15 is 0 Å². The van der Waals surface area contributed by atoms with Gasteiger partial charge in [-0.25, -0.2) is 27.9 Å². The van der Waals surface area contributed by atoms with Crippen LogP contribution < -0.4 is 10.3 Å². The van der Waals surface area contributed by atoms with Gasteiger partial charge in [0.25, 0.3) is 5.56 Å². The molecule has 13 nitrogen and oxygen atoms in total. The number of carbonyl (C=O) groups excluding carboxylic acids is 1. The molecule has 4 aromatic rings. The molecule has 0 atom stereocenters. The van der Waals surface area contributed by atoms with E-state index in [2.05, 4.69) is 10.1 Å². The lowest BCUT2D eigenvalue weighted by Crippen LogP contribution is -2.51. The maximum atomic E-state index is 13.9. The van der Waals surface area contributed by atoms with Crippen LogP contribution in [0, 0.1) is 0 Å². The summed E-state index contributed by atoms with van der Waals surface area (Å²) in [6.45, 7) is 10.4. The van der Waals surface area contributed by atoms with E-state index in [4.69, 9.17) is 14.5 Å². The minimum absolute atomic E-state index is 0.0318. The van der Waals surface area contributed by atoms with E-state index in [0.29, 0.717) is 35.7 Å². The molecule has 246 valence electrons. The molecule has 0 N–H and O–H groups in total. The minimum Gasteiger partial charge on any atom is -0.493 e. The fourth-order valence-electron chi connectivity index (χ4n) is 5.28. The summed E-state index contributed by atoms with van der Waals surface area (Å²) in [5.74, 6) is 1.24. The number of rotatable bonds is 9. The largest absolute Gasteiger partial charge is 0.493 e. The van der Waals surface area contributed by atoms with E-state index < -0.39 is 21.7 Å². The lowest BCUT2D eigenvalue weighted by Gasteiger charge is -2.35. The SMILES string of the molecule is CCCOc1ccc(S(=O)(=O)N2CCN(C(=O)OC(C)(C)C)CC2)cc1-c1nc2c(CCC)n(-c3ccccn3)nc2c(=O)n1C. The van der Waals surface area contributed by atoms with Gasteiger partial charge in [0.2, 0.25) is 10.0 Å². The van der Waals surface area contributed by atoms with Gasteiger partial charge in [0.1, 0.15) is 22.7 Å². The number of nitrogens with zero attached hydrogens (tertiary/aromatic N) is 7. The Hall–Kier alpha value is -4.30. The van der Waals surface area contributed by atoms with Crippen molar-refractivity contribution in [1.82, 2.24) is 33.5 Å². The average molecular weight is 652 g/mol. The Labute approximate surface area is 268 Å². The first-order chi connectivity index (χ1) is 21.9. The fourth-order valence-corrected chi connectivity index (χ4v) is 6.73. The van der Waals surface area contributed by atoms with Gasteiger partial charge in [-0.05, 0) is 63.9 Å². The molecule has 1 aromatic carbocycles. The van der Waals surface area contributed by atoms with Crippen LogP contribution in [-0.2, 0) is 28.2 Å². The first-order valence-corrected chi connectivity index (χ1v) is 16.9. The predicted octanol–water partition coefficient (Wildman–Crippen LogP) is 4.16. The lowest BCUT2D eigenvalue weighted by atomic mass is 10.1. The number of piperazine rings is 1. The number of hydrogen-bond acceptors (Lipinski definition) is 9. The molecular formula is C32H41N7O6S. The topological polar surface area (TPSA) is 142 Å². The molecule has 0 aliphatic carbocycles. The molecule has 3 aromatic heterocycles. The van der Waals surface area contributed by atoms with Crippen molar-refractivity contribution in [3.05, 3.63) is 58.6 Å². The summed E-state index contributed by atoms with van der Waals surface area (Å²) in [7, 11) is -2.38. The number of aryl methyl sites for hydroxylation is 1. The van der Waals surface area contributed by atoms with Gasteiger partial charge in [-0.1, -0.05) is 26.3 Å². The third kappa shape index (κ3) is 6.63. The highest BCUT2D eigenvalue weighted by Crippen LogP contribution is 2.33. The summed E-state index contributed by atoms with van der Waals surface area (Å²) in [6.07, 6.45) is 3.29. The maximum Gasteiger partial charge on any atom is 0.410 e. The molecule has 4 heterocycles. The first-order valence-electron chi connectivity index (χ1n) is 15.5. The molecular weight excluding hydrogens is 610 g/mol. The third-order valence-corrected chi connectivity index (χ3v) is 9.43. The Morgan fingerprint density at radius 3 is 2.37 bits per heavy atom. The van der Waals surface area contributed by atoms with Crippen molar-refractivity contribution in [2.45, 2.75) is 64.4 Å². The summed E-state index contributed by atoms with van der Waals surface area (Å²) >= 11 is 0. The van der Waals surface area contributed by atoms with Gasteiger partial charge in [-0.2, -0.15) is 9.40 Å². The lowest BCUT2D eigenvalue weighted by molar-refractivity contribution is 0.0192. The Bertz CT molecular complexity index is 1890. The molecule has 0 unspecified atom stereocenters. The molecule has 0 radical (unpaired) electrons. The molecule has 1 fully saturated rings. The van der Waals surface area contributed by atoms with E-state index in [-0.39, 0.29) is 48.0 Å². The normalized spacial score (nSPS) is 14.5. The molecule has 0 saturated carbocycles. The molecule has 1 amide bonds. The maximum absolute atomic E-state index is 13.9. The summed E-state index contributed by atoms with van der Waals surface area (Å²) in [4.78, 5) is 37.2. The second-order valence-electron chi connectivity index (χ2n) is 12.2. The molecule has 0 bridgehead atoms. The first kappa shape index (κ1) is 33.1. The predicted molar refractivity (Wildman–Crippen MR) is 174 cm³/mol. The number of benzene rings is 1. The number of amides is 1. The van der Waals surface area contributed by atoms with Crippen LogP contribution in [0.5, 0.6) is 5.75 Å². The van der Waals surface area contributed by atoms with Crippen LogP contribution in [0.4, 0.5) is 4.79 Å². The Morgan fingerprint density at radius 2 is 1.74 bits per heavy atom. The van der Waals surface area contributed by atoms with Gasteiger partial charge >= 0.3 is 6.09 Å². The van der Waals surface area contributed by atoms with Crippen LogP contribution >= 0.6 is 0 Å². The smallest absolute Gasteiger partial charge is 0.410 e. The van der Waals surface area contributed by atoms with E-state index in [1.165, 1.54) is 25.9 Å². The van der Waals surface area contributed by atoms with E-state index in [9.17, 15) is 18.0 Å². The summed E-state index contributed by atoms with van der Waals surface area (Å²) in [6, 6.07) is 10.1. The van der Waals surface area contributed by atoms with Gasteiger partial charge in [-0.3, -0.25) is 9.36 Å². The van der Waals surface area contributed by atoms with Crippen LogP contribution in [0.2, 0.25) is 0 Å². The van der Waals surface area contributed by atoms with Crippen LogP contribution in [0.3, 0.4) is 0 Å². The molecule has 1 saturated heterocycles. The molecule has 5 rings (SSSR count). The third-order valence-electron chi connectivity index (χ3n) is 7.53. The van der Waals surface area contributed by atoms with Crippen molar-refractivity contribution in [3.8, 4) is 23.0 Å². The number of sulfonamides is 1. The second kappa shape index (κ2) is 13.2. The Balaban J connectivity index is 1.57. The van der Waals surface area contributed by atoms with E-state index in [1.807, 2.05) is 26.0 Å². The highest BCUT2D eigenvalue weighted by Gasteiger charge is 2.33. The minimum atomic E-state index is -3.97. The zero-order valence-electron chi connectivity index (χ0n) is 27.2. The van der Waals surface area contributed by atoms with Crippen LogP contribution in [0.1, 0.15) is 53.2 Å². The standard InChI is InChI=1S/C32H41N7O6S/c1-7-11-24-27-28(35-39(24)26-12-9-10-15-33-26)30(40)36(6)29(34-27)23-21-22(13-14-25(23)44-20-8-2)46(42,43)38-18-16-37(17-19-38)31(41)45-32(3,4)5/h9-10,12-15,21H,7-8,11,16-20H2,1-6H3. The summed E-state index contributed by atoms with van der Waals surface area (Å²) in [5, 5.41) is 4.61. The van der Waals surface area contributed by atoms with Crippen LogP contribution in [0.25, 0.3) is 28.2 Å². The van der Waals surface area contributed by atoms with E-state index in [0.717, 1.165) is 18.5 Å². The zero-order chi connectivity index (χ0) is 33.2. The van der Waals surface area contributed by atoms with E-state index in [1.54, 1.807) is 50.8 Å². The molecule has 14 heteroatoms. The highest BCUT2D eigenvalue weighted by atomic mass is 32.2. The van der Waals surface area contributed by atoms with Crippen molar-refractivity contribution in [2.75, 3.05) is 32.8 Å². The quantitative estimate of drug-likeness (QED) is 0.261. The van der Waals surface area contributed by atoms with Gasteiger partial charge in [-0.15, -0.1) is 0 Å². The van der Waals surface area contributed by atoms with Gasteiger partial charge in [0, 0.05) is 39.4 Å².